The highest BCUT2D eigenvalue weighted by molar-refractivity contribution is 7.15. The Morgan fingerprint density at radius 3 is 2.70 bits per heavy atom. The van der Waals surface area contributed by atoms with E-state index in [4.69, 9.17) is 0 Å². The molecule has 1 aliphatic rings. The van der Waals surface area contributed by atoms with E-state index in [2.05, 4.69) is 22.4 Å². The van der Waals surface area contributed by atoms with E-state index in [1.54, 1.807) is 0 Å². The van der Waals surface area contributed by atoms with E-state index in [0.717, 1.165) is 43.8 Å². The molecule has 1 aromatic heterocycles. The summed E-state index contributed by atoms with van der Waals surface area (Å²) in [4.78, 5) is 25.4. The normalized spacial score (nSPS) is 14.6. The molecule has 110 valence electrons. The van der Waals surface area contributed by atoms with Crippen molar-refractivity contribution in [3.05, 3.63) is 5.01 Å². The lowest BCUT2D eigenvalue weighted by Crippen LogP contribution is -2.28. The van der Waals surface area contributed by atoms with E-state index in [-0.39, 0.29) is 24.7 Å². The first-order valence-electron chi connectivity index (χ1n) is 7.09. The molecular formula is C13H20N4O2S. The highest BCUT2D eigenvalue weighted by Crippen LogP contribution is 2.17. The number of amides is 2. The second-order valence-electron chi connectivity index (χ2n) is 4.89. The van der Waals surface area contributed by atoms with Gasteiger partial charge in [-0.25, -0.2) is 0 Å². The molecule has 20 heavy (non-hydrogen) atoms. The molecule has 0 unspecified atom stereocenters. The van der Waals surface area contributed by atoms with Crippen LogP contribution in [-0.2, 0) is 16.0 Å². The fraction of sp³-hybridized carbons (Fsp3) is 0.692. The average molecular weight is 296 g/mol. The minimum absolute atomic E-state index is 0.0709. The number of nitrogens with one attached hydrogen (secondary N) is 1. The minimum atomic E-state index is -0.170. The Balaban J connectivity index is 1.72. The number of likely N-dealkylation sites (tertiary alicyclic amines) is 1. The van der Waals surface area contributed by atoms with Crippen molar-refractivity contribution in [3.8, 4) is 0 Å². The molecule has 0 aromatic carbocycles. The molecule has 2 rings (SSSR count). The molecule has 0 radical (unpaired) electrons. The molecule has 7 heteroatoms. The number of anilines is 1. The molecule has 1 aromatic rings. The van der Waals surface area contributed by atoms with Crippen LogP contribution in [0.4, 0.5) is 5.13 Å². The van der Waals surface area contributed by atoms with Crippen molar-refractivity contribution >= 4 is 28.3 Å². The minimum Gasteiger partial charge on any atom is -0.343 e. The summed E-state index contributed by atoms with van der Waals surface area (Å²) in [6.45, 7) is 3.73. The van der Waals surface area contributed by atoms with Crippen molar-refractivity contribution in [3.63, 3.8) is 0 Å². The topological polar surface area (TPSA) is 75.2 Å². The molecule has 2 amide bonds. The monoisotopic (exact) mass is 296 g/mol. The zero-order chi connectivity index (χ0) is 14.4. The Hall–Kier alpha value is -1.50. The van der Waals surface area contributed by atoms with Gasteiger partial charge in [0.25, 0.3) is 0 Å². The van der Waals surface area contributed by atoms with Crippen molar-refractivity contribution in [1.29, 1.82) is 0 Å². The van der Waals surface area contributed by atoms with Crippen molar-refractivity contribution in [2.24, 2.45) is 0 Å². The number of rotatable bonds is 6. The van der Waals surface area contributed by atoms with Gasteiger partial charge in [-0.15, -0.1) is 10.2 Å². The van der Waals surface area contributed by atoms with Gasteiger partial charge in [0.15, 0.2) is 0 Å². The van der Waals surface area contributed by atoms with Gasteiger partial charge in [-0.05, 0) is 19.3 Å². The van der Waals surface area contributed by atoms with Gasteiger partial charge in [-0.1, -0.05) is 18.3 Å². The van der Waals surface area contributed by atoms with Crippen molar-refractivity contribution < 1.29 is 9.59 Å². The fourth-order valence-electron chi connectivity index (χ4n) is 2.15. The van der Waals surface area contributed by atoms with Crippen LogP contribution >= 0.6 is 11.3 Å². The van der Waals surface area contributed by atoms with Gasteiger partial charge in [-0.3, -0.25) is 9.59 Å². The lowest BCUT2D eigenvalue weighted by molar-refractivity contribution is -0.131. The summed E-state index contributed by atoms with van der Waals surface area (Å²) in [5, 5.41) is 12.1. The van der Waals surface area contributed by atoms with Crippen LogP contribution in [0.15, 0.2) is 0 Å². The highest BCUT2D eigenvalue weighted by Gasteiger charge is 2.18. The molecule has 0 atom stereocenters. The molecule has 1 saturated heterocycles. The second kappa shape index (κ2) is 7.33. The fourth-order valence-corrected chi connectivity index (χ4v) is 3.00. The molecule has 2 heterocycles. The largest absolute Gasteiger partial charge is 0.343 e. The SMILES string of the molecule is CCCc1nnc(NC(=O)CCC(=O)N2CCCC2)s1. The lowest BCUT2D eigenvalue weighted by atomic mass is 10.2. The van der Waals surface area contributed by atoms with E-state index in [0.29, 0.717) is 5.13 Å². The summed E-state index contributed by atoms with van der Waals surface area (Å²) in [6, 6.07) is 0. The maximum Gasteiger partial charge on any atom is 0.226 e. The van der Waals surface area contributed by atoms with Crippen molar-refractivity contribution in [2.75, 3.05) is 18.4 Å². The van der Waals surface area contributed by atoms with Gasteiger partial charge < -0.3 is 10.2 Å². The second-order valence-corrected chi connectivity index (χ2v) is 5.95. The molecule has 0 saturated carbocycles. The lowest BCUT2D eigenvalue weighted by Gasteiger charge is -2.14. The van der Waals surface area contributed by atoms with Crippen LogP contribution in [0.25, 0.3) is 0 Å². The zero-order valence-electron chi connectivity index (χ0n) is 11.7. The maximum atomic E-state index is 11.8. The first-order valence-corrected chi connectivity index (χ1v) is 7.90. The van der Waals surface area contributed by atoms with Crippen LogP contribution < -0.4 is 5.32 Å². The summed E-state index contributed by atoms with van der Waals surface area (Å²) < 4.78 is 0. The smallest absolute Gasteiger partial charge is 0.226 e. The number of hydrogen-bond acceptors (Lipinski definition) is 5. The quantitative estimate of drug-likeness (QED) is 0.869. The van der Waals surface area contributed by atoms with Crippen LogP contribution in [0.5, 0.6) is 0 Å². The van der Waals surface area contributed by atoms with Crippen LogP contribution in [0.2, 0.25) is 0 Å². The average Bonchev–Trinajstić information content (AvgIpc) is 3.08. The van der Waals surface area contributed by atoms with Gasteiger partial charge in [0.2, 0.25) is 16.9 Å². The molecule has 1 N–H and O–H groups in total. The van der Waals surface area contributed by atoms with Gasteiger partial charge >= 0.3 is 0 Å². The Morgan fingerprint density at radius 2 is 2.00 bits per heavy atom. The van der Waals surface area contributed by atoms with E-state index >= 15 is 0 Å². The zero-order valence-corrected chi connectivity index (χ0v) is 12.5. The van der Waals surface area contributed by atoms with Gasteiger partial charge in [-0.2, -0.15) is 0 Å². The van der Waals surface area contributed by atoms with Crippen LogP contribution in [-0.4, -0.2) is 40.0 Å². The number of aromatic nitrogens is 2. The first kappa shape index (κ1) is 14.9. The predicted molar refractivity (Wildman–Crippen MR) is 77.6 cm³/mol. The van der Waals surface area contributed by atoms with E-state index in [9.17, 15) is 9.59 Å². The van der Waals surface area contributed by atoms with Crippen LogP contribution in [0, 0.1) is 0 Å². The third kappa shape index (κ3) is 4.26. The summed E-state index contributed by atoms with van der Waals surface area (Å²) in [6.07, 6.45) is 4.50. The Kier molecular flexibility index (Phi) is 5.46. The number of nitrogens with zero attached hydrogens (tertiary/aromatic N) is 3. The number of hydrogen-bond donors (Lipinski definition) is 1. The van der Waals surface area contributed by atoms with Crippen molar-refractivity contribution in [1.82, 2.24) is 15.1 Å². The van der Waals surface area contributed by atoms with Crippen LogP contribution in [0.1, 0.15) is 44.0 Å². The summed E-state index contributed by atoms with van der Waals surface area (Å²) >= 11 is 1.40. The molecule has 0 aliphatic carbocycles. The summed E-state index contributed by atoms with van der Waals surface area (Å²) in [7, 11) is 0. The predicted octanol–water partition coefficient (Wildman–Crippen LogP) is 1.83. The van der Waals surface area contributed by atoms with Gasteiger partial charge in [0.1, 0.15) is 5.01 Å². The van der Waals surface area contributed by atoms with E-state index in [1.165, 1.54) is 11.3 Å². The van der Waals surface area contributed by atoms with Crippen molar-refractivity contribution in [2.45, 2.75) is 45.4 Å². The number of carbonyl (C=O) groups is 2. The molecule has 1 aliphatic heterocycles. The first-order chi connectivity index (χ1) is 9.69. The van der Waals surface area contributed by atoms with Gasteiger partial charge in [0.05, 0.1) is 0 Å². The molecule has 6 nitrogen and oxygen atoms in total. The summed E-state index contributed by atoms with van der Waals surface area (Å²) in [5.74, 6) is -0.0988. The van der Waals surface area contributed by atoms with Gasteiger partial charge in [0, 0.05) is 32.4 Å². The molecule has 1 fully saturated rings. The Labute approximate surface area is 122 Å². The van der Waals surface area contributed by atoms with Crippen LogP contribution in [0.3, 0.4) is 0 Å². The standard InChI is InChI=1S/C13H20N4O2S/c1-2-5-11-15-16-13(20-11)14-10(18)6-7-12(19)17-8-3-4-9-17/h2-9H2,1H3,(H,14,16,18). The maximum absolute atomic E-state index is 11.8. The molecule has 0 bridgehead atoms. The molecule has 0 spiro atoms. The third-order valence-electron chi connectivity index (χ3n) is 3.20. The third-order valence-corrected chi connectivity index (χ3v) is 4.10. The Bertz CT molecular complexity index is 469. The summed E-state index contributed by atoms with van der Waals surface area (Å²) in [5.41, 5.74) is 0. The highest BCUT2D eigenvalue weighted by atomic mass is 32.1. The van der Waals surface area contributed by atoms with E-state index in [1.807, 2.05) is 4.90 Å². The number of carbonyl (C=O) groups excluding carboxylic acids is 2. The Morgan fingerprint density at radius 1 is 1.25 bits per heavy atom. The molecular weight excluding hydrogens is 276 g/mol. The number of aryl methyl sites for hydroxylation is 1. The van der Waals surface area contributed by atoms with E-state index < -0.39 is 0 Å².